The molecule has 3 nitrogen and oxygen atoms in total. The van der Waals surface area contributed by atoms with Gasteiger partial charge in [0, 0.05) is 0 Å². The van der Waals surface area contributed by atoms with Gasteiger partial charge in [-0.15, -0.1) is 11.3 Å². The molecule has 0 unspecified atom stereocenters. The van der Waals surface area contributed by atoms with Crippen LogP contribution in [-0.2, 0) is 0 Å². The number of rotatable bonds is 4. The van der Waals surface area contributed by atoms with Crippen LogP contribution in [0.5, 0.6) is 0 Å². The summed E-state index contributed by atoms with van der Waals surface area (Å²) in [6.45, 7) is 5.79. The minimum atomic E-state index is -0.0577. The Morgan fingerprint density at radius 1 is 1.00 bits per heavy atom. The van der Waals surface area contributed by atoms with E-state index in [2.05, 4.69) is 46.7 Å². The van der Waals surface area contributed by atoms with E-state index in [9.17, 15) is 4.79 Å². The summed E-state index contributed by atoms with van der Waals surface area (Å²) in [5.41, 5.74) is 4.24. The summed E-state index contributed by atoms with van der Waals surface area (Å²) in [7, 11) is 0. The molecule has 0 fully saturated rings. The topological polar surface area (TPSA) is 42.0 Å². The van der Waals surface area contributed by atoms with Gasteiger partial charge in [0.25, 0.3) is 5.91 Å². The summed E-state index contributed by atoms with van der Waals surface area (Å²) in [5, 5.41) is 3.97. The minimum Gasteiger partial charge on any atom is -0.345 e. The van der Waals surface area contributed by atoms with E-state index >= 15 is 0 Å². The van der Waals surface area contributed by atoms with E-state index in [4.69, 9.17) is 0 Å². The normalized spacial score (nSPS) is 12.0. The van der Waals surface area contributed by atoms with E-state index in [-0.39, 0.29) is 11.9 Å². The average Bonchev–Trinajstić information content (AvgIpc) is 2.94. The summed E-state index contributed by atoms with van der Waals surface area (Å²) in [5.74, 6) is -0.0577. The first kappa shape index (κ1) is 16.4. The summed E-state index contributed by atoms with van der Waals surface area (Å²) < 4.78 is 0. The Hall–Kier alpha value is -2.46. The van der Waals surface area contributed by atoms with Gasteiger partial charge in [-0.2, -0.15) is 0 Å². The van der Waals surface area contributed by atoms with Crippen LogP contribution in [0.25, 0.3) is 11.1 Å². The van der Waals surface area contributed by atoms with Crippen molar-refractivity contribution in [3.05, 3.63) is 75.7 Å². The fourth-order valence-corrected chi connectivity index (χ4v) is 3.51. The fourth-order valence-electron chi connectivity index (χ4n) is 2.68. The molecule has 0 saturated carbocycles. The highest BCUT2D eigenvalue weighted by atomic mass is 32.1. The van der Waals surface area contributed by atoms with Crippen LogP contribution >= 0.6 is 11.3 Å². The van der Waals surface area contributed by atoms with Gasteiger partial charge in [-0.3, -0.25) is 4.79 Å². The third kappa shape index (κ3) is 3.54. The standard InChI is InChI=1S/C20H20N2OS/c1-13(22-20(23)19-14(2)21-15(3)24-19)16-9-11-18(12-10-16)17-7-5-4-6-8-17/h4-13H,1-3H3,(H,22,23)/t13-/m1/s1. The maximum Gasteiger partial charge on any atom is 0.263 e. The lowest BCUT2D eigenvalue weighted by molar-refractivity contribution is 0.0943. The van der Waals surface area contributed by atoms with E-state index in [1.807, 2.05) is 39.0 Å². The number of hydrogen-bond acceptors (Lipinski definition) is 3. The zero-order valence-corrected chi connectivity index (χ0v) is 14.9. The predicted octanol–water partition coefficient (Wildman–Crippen LogP) is 4.92. The molecule has 122 valence electrons. The number of benzene rings is 2. The van der Waals surface area contributed by atoms with Crippen LogP contribution in [0.2, 0.25) is 0 Å². The van der Waals surface area contributed by atoms with Gasteiger partial charge in [-0.05, 0) is 37.5 Å². The molecule has 1 heterocycles. The number of nitrogens with zero attached hydrogens (tertiary/aromatic N) is 1. The van der Waals surface area contributed by atoms with Crippen LogP contribution in [-0.4, -0.2) is 10.9 Å². The van der Waals surface area contributed by atoms with Crippen molar-refractivity contribution in [1.29, 1.82) is 0 Å². The Morgan fingerprint density at radius 3 is 2.21 bits per heavy atom. The third-order valence-corrected chi connectivity index (χ3v) is 5.05. The van der Waals surface area contributed by atoms with E-state index in [1.54, 1.807) is 0 Å². The van der Waals surface area contributed by atoms with Crippen LogP contribution in [0, 0.1) is 13.8 Å². The summed E-state index contributed by atoms with van der Waals surface area (Å²) in [6.07, 6.45) is 0. The summed E-state index contributed by atoms with van der Waals surface area (Å²) >= 11 is 1.44. The Morgan fingerprint density at radius 2 is 1.62 bits per heavy atom. The van der Waals surface area contributed by atoms with Crippen molar-refractivity contribution in [2.24, 2.45) is 0 Å². The Balaban J connectivity index is 1.72. The highest BCUT2D eigenvalue weighted by molar-refractivity contribution is 7.13. The van der Waals surface area contributed by atoms with E-state index in [0.29, 0.717) is 4.88 Å². The van der Waals surface area contributed by atoms with Gasteiger partial charge in [0.2, 0.25) is 0 Å². The van der Waals surface area contributed by atoms with E-state index in [1.165, 1.54) is 22.5 Å². The monoisotopic (exact) mass is 336 g/mol. The number of aromatic nitrogens is 1. The Labute approximate surface area is 146 Å². The van der Waals surface area contributed by atoms with Crippen molar-refractivity contribution in [2.75, 3.05) is 0 Å². The molecule has 1 N–H and O–H groups in total. The minimum absolute atomic E-state index is 0.0517. The number of hydrogen-bond donors (Lipinski definition) is 1. The Kier molecular flexibility index (Phi) is 4.76. The molecule has 4 heteroatoms. The molecular weight excluding hydrogens is 316 g/mol. The van der Waals surface area contributed by atoms with Crippen molar-refractivity contribution in [3.8, 4) is 11.1 Å². The molecule has 0 aliphatic rings. The van der Waals surface area contributed by atoms with Crippen molar-refractivity contribution in [3.63, 3.8) is 0 Å². The first-order valence-corrected chi connectivity index (χ1v) is 8.76. The van der Waals surface area contributed by atoms with Crippen LogP contribution < -0.4 is 5.32 Å². The van der Waals surface area contributed by atoms with E-state index < -0.39 is 0 Å². The molecule has 3 rings (SSSR count). The zero-order valence-electron chi connectivity index (χ0n) is 14.0. The van der Waals surface area contributed by atoms with Crippen LogP contribution in [0.15, 0.2) is 54.6 Å². The second kappa shape index (κ2) is 6.97. The van der Waals surface area contributed by atoms with Crippen molar-refractivity contribution >= 4 is 17.2 Å². The zero-order chi connectivity index (χ0) is 17.1. The van der Waals surface area contributed by atoms with Gasteiger partial charge < -0.3 is 5.32 Å². The lowest BCUT2D eigenvalue weighted by Crippen LogP contribution is -2.26. The highest BCUT2D eigenvalue weighted by Gasteiger charge is 2.16. The van der Waals surface area contributed by atoms with Gasteiger partial charge in [-0.25, -0.2) is 4.98 Å². The first-order chi connectivity index (χ1) is 11.5. The smallest absolute Gasteiger partial charge is 0.263 e. The molecule has 0 aliphatic heterocycles. The number of carbonyl (C=O) groups is 1. The SMILES string of the molecule is Cc1nc(C)c(C(=O)N[C@H](C)c2ccc(-c3ccccc3)cc2)s1. The van der Waals surface area contributed by atoms with Gasteiger partial charge >= 0.3 is 0 Å². The molecule has 3 aromatic rings. The summed E-state index contributed by atoms with van der Waals surface area (Å²) in [4.78, 5) is 17.4. The van der Waals surface area contributed by atoms with Crippen LogP contribution in [0.3, 0.4) is 0 Å². The molecule has 0 spiro atoms. The van der Waals surface area contributed by atoms with Gasteiger partial charge in [0.05, 0.1) is 16.7 Å². The number of thiazole rings is 1. The summed E-state index contributed by atoms with van der Waals surface area (Å²) in [6, 6.07) is 18.5. The highest BCUT2D eigenvalue weighted by Crippen LogP contribution is 2.23. The van der Waals surface area contributed by atoms with Gasteiger partial charge in [-0.1, -0.05) is 54.6 Å². The Bertz CT molecular complexity index is 838. The molecule has 0 saturated heterocycles. The van der Waals surface area contributed by atoms with E-state index in [0.717, 1.165) is 16.3 Å². The number of amides is 1. The van der Waals surface area contributed by atoms with Gasteiger partial charge in [0.15, 0.2) is 0 Å². The maximum atomic E-state index is 12.4. The molecule has 0 aliphatic carbocycles. The first-order valence-electron chi connectivity index (χ1n) is 7.95. The quantitative estimate of drug-likeness (QED) is 0.735. The second-order valence-electron chi connectivity index (χ2n) is 5.83. The molecule has 1 amide bonds. The molecule has 1 atom stereocenters. The van der Waals surface area contributed by atoms with Gasteiger partial charge in [0.1, 0.15) is 4.88 Å². The predicted molar refractivity (Wildman–Crippen MR) is 99.3 cm³/mol. The second-order valence-corrected chi connectivity index (χ2v) is 7.03. The maximum absolute atomic E-state index is 12.4. The molecule has 24 heavy (non-hydrogen) atoms. The van der Waals surface area contributed by atoms with Crippen LogP contribution in [0.1, 0.15) is 38.9 Å². The number of aryl methyl sites for hydroxylation is 2. The third-order valence-electron chi connectivity index (χ3n) is 3.98. The fraction of sp³-hybridized carbons (Fsp3) is 0.200. The molecule has 0 radical (unpaired) electrons. The van der Waals surface area contributed by atoms with Crippen molar-refractivity contribution < 1.29 is 4.79 Å². The number of nitrogens with one attached hydrogen (secondary N) is 1. The van der Waals surface area contributed by atoms with Crippen molar-refractivity contribution in [1.82, 2.24) is 10.3 Å². The molecule has 2 aromatic carbocycles. The average molecular weight is 336 g/mol. The lowest BCUT2D eigenvalue weighted by Gasteiger charge is -2.14. The molecular formula is C20H20N2OS. The lowest BCUT2D eigenvalue weighted by atomic mass is 10.0. The molecule has 0 bridgehead atoms. The van der Waals surface area contributed by atoms with Crippen LogP contribution in [0.4, 0.5) is 0 Å². The largest absolute Gasteiger partial charge is 0.345 e. The number of carbonyl (C=O) groups excluding carboxylic acids is 1. The molecule has 1 aromatic heterocycles. The van der Waals surface area contributed by atoms with Crippen molar-refractivity contribution in [2.45, 2.75) is 26.8 Å².